The standard InChI is InChI=1S/C28H22ClFN2O3S/c29-24-14-22(33)11-12-23(24)26-27(36-16-25(34)18-3-7-20(30)8-4-18)28(35)32(26)21-9-5-17(6-10-21)19-2-1-13-31-15-19/h1-15,25-27,33-34H,16H2/t25-,26+,27+/m0/s1. The van der Waals surface area contributed by atoms with Crippen LogP contribution in [0.1, 0.15) is 23.3 Å². The average molecular weight is 521 g/mol. The summed E-state index contributed by atoms with van der Waals surface area (Å²) in [4.78, 5) is 19.2. The van der Waals surface area contributed by atoms with Gasteiger partial charge in [0.2, 0.25) is 5.91 Å². The molecule has 182 valence electrons. The van der Waals surface area contributed by atoms with Crippen LogP contribution in [0.25, 0.3) is 11.1 Å². The summed E-state index contributed by atoms with van der Waals surface area (Å²) in [5, 5.41) is 20.3. The summed E-state index contributed by atoms with van der Waals surface area (Å²) in [7, 11) is 0. The second kappa shape index (κ2) is 10.3. The SMILES string of the molecule is O=C1[C@H](SC[C@H](O)c2ccc(F)cc2)[C@@H](c2ccc(O)cc2Cl)N1c1ccc(-c2cccnc2)cc1. The number of benzene rings is 3. The first-order chi connectivity index (χ1) is 17.4. The fraction of sp³-hybridized carbons (Fsp3) is 0.143. The number of phenols is 1. The molecule has 1 fully saturated rings. The summed E-state index contributed by atoms with van der Waals surface area (Å²) in [5.74, 6) is -0.186. The van der Waals surface area contributed by atoms with Gasteiger partial charge in [0, 0.05) is 28.9 Å². The van der Waals surface area contributed by atoms with Crippen LogP contribution in [0.15, 0.2) is 91.3 Å². The van der Waals surface area contributed by atoms with Crippen LogP contribution in [0.3, 0.4) is 0 Å². The maximum Gasteiger partial charge on any atom is 0.243 e. The number of thioether (sulfide) groups is 1. The van der Waals surface area contributed by atoms with E-state index >= 15 is 0 Å². The Morgan fingerprint density at radius 1 is 1.03 bits per heavy atom. The first kappa shape index (κ1) is 24.3. The Labute approximate surface area is 217 Å². The molecule has 1 amide bonds. The normalized spacial score (nSPS) is 18.1. The third-order valence-electron chi connectivity index (χ3n) is 6.18. The van der Waals surface area contributed by atoms with Gasteiger partial charge in [-0.25, -0.2) is 4.39 Å². The maximum absolute atomic E-state index is 13.3. The van der Waals surface area contributed by atoms with Crippen molar-refractivity contribution in [3.63, 3.8) is 0 Å². The van der Waals surface area contributed by atoms with E-state index in [0.29, 0.717) is 16.1 Å². The lowest BCUT2D eigenvalue weighted by Gasteiger charge is -2.47. The smallest absolute Gasteiger partial charge is 0.243 e. The van der Waals surface area contributed by atoms with Gasteiger partial charge in [0.1, 0.15) is 16.8 Å². The summed E-state index contributed by atoms with van der Waals surface area (Å²) < 4.78 is 13.2. The number of hydrogen-bond donors (Lipinski definition) is 2. The van der Waals surface area contributed by atoms with Gasteiger partial charge in [0.05, 0.1) is 12.1 Å². The zero-order chi connectivity index (χ0) is 25.2. The number of pyridine rings is 1. The van der Waals surface area contributed by atoms with Crippen molar-refractivity contribution in [3.05, 3.63) is 113 Å². The van der Waals surface area contributed by atoms with E-state index in [4.69, 9.17) is 11.6 Å². The number of rotatable bonds is 7. The predicted molar refractivity (Wildman–Crippen MR) is 141 cm³/mol. The molecule has 0 radical (unpaired) electrons. The van der Waals surface area contributed by atoms with Crippen LogP contribution in [0.5, 0.6) is 5.75 Å². The summed E-state index contributed by atoms with van der Waals surface area (Å²) in [6.45, 7) is 0. The minimum absolute atomic E-state index is 0.0395. The number of phenolic OH excluding ortho intramolecular Hbond substituents is 1. The molecule has 0 aliphatic carbocycles. The van der Waals surface area contributed by atoms with Crippen LogP contribution in [0.2, 0.25) is 5.02 Å². The number of aromatic hydroxyl groups is 1. The van der Waals surface area contributed by atoms with E-state index < -0.39 is 11.4 Å². The largest absolute Gasteiger partial charge is 0.508 e. The molecule has 1 aliphatic rings. The Balaban J connectivity index is 1.40. The molecule has 36 heavy (non-hydrogen) atoms. The number of aliphatic hydroxyl groups is 1. The van der Waals surface area contributed by atoms with Gasteiger partial charge in [-0.15, -0.1) is 11.8 Å². The second-order valence-corrected chi connectivity index (χ2v) is 10.1. The highest BCUT2D eigenvalue weighted by atomic mass is 35.5. The molecule has 0 saturated carbocycles. The Kier molecular flexibility index (Phi) is 6.96. The number of carbonyl (C=O) groups excluding carboxylic acids is 1. The van der Waals surface area contributed by atoms with Gasteiger partial charge in [-0.05, 0) is 64.7 Å². The molecule has 4 aromatic rings. The molecule has 3 aromatic carbocycles. The lowest BCUT2D eigenvalue weighted by atomic mass is 9.91. The Morgan fingerprint density at radius 3 is 2.44 bits per heavy atom. The first-order valence-corrected chi connectivity index (χ1v) is 12.7. The number of anilines is 1. The molecular weight excluding hydrogens is 499 g/mol. The molecule has 1 aliphatic heterocycles. The lowest BCUT2D eigenvalue weighted by molar-refractivity contribution is -0.123. The number of aliphatic hydroxyl groups excluding tert-OH is 1. The quantitative estimate of drug-likeness (QED) is 0.285. The number of aromatic nitrogens is 1. The van der Waals surface area contributed by atoms with Gasteiger partial charge in [0.25, 0.3) is 0 Å². The van der Waals surface area contributed by atoms with Crippen LogP contribution in [0, 0.1) is 5.82 Å². The number of amides is 1. The van der Waals surface area contributed by atoms with E-state index in [0.717, 1.165) is 16.8 Å². The van der Waals surface area contributed by atoms with Gasteiger partial charge in [0.15, 0.2) is 0 Å². The molecular formula is C28H22ClFN2O3S. The lowest BCUT2D eigenvalue weighted by Crippen LogP contribution is -2.58. The molecule has 0 spiro atoms. The van der Waals surface area contributed by atoms with Crippen molar-refractivity contribution in [2.24, 2.45) is 0 Å². The van der Waals surface area contributed by atoms with Gasteiger partial charge >= 0.3 is 0 Å². The molecule has 8 heteroatoms. The van der Waals surface area contributed by atoms with Crippen LogP contribution in [-0.4, -0.2) is 32.1 Å². The van der Waals surface area contributed by atoms with E-state index in [1.54, 1.807) is 29.4 Å². The number of β-lactam (4-membered cyclic amide) rings is 1. The van der Waals surface area contributed by atoms with Crippen molar-refractivity contribution in [1.82, 2.24) is 4.98 Å². The molecule has 3 atom stereocenters. The highest BCUT2D eigenvalue weighted by molar-refractivity contribution is 8.00. The molecule has 0 bridgehead atoms. The molecule has 1 aromatic heterocycles. The van der Waals surface area contributed by atoms with E-state index in [-0.39, 0.29) is 29.3 Å². The average Bonchev–Trinajstić information content (AvgIpc) is 2.89. The molecule has 1 saturated heterocycles. The Hall–Kier alpha value is -3.39. The fourth-order valence-corrected chi connectivity index (χ4v) is 5.87. The number of hydrogen-bond acceptors (Lipinski definition) is 5. The summed E-state index contributed by atoms with van der Waals surface area (Å²) in [5.41, 5.74) is 3.96. The molecule has 2 N–H and O–H groups in total. The van der Waals surface area contributed by atoms with Crippen molar-refractivity contribution < 1.29 is 19.4 Å². The molecule has 2 heterocycles. The first-order valence-electron chi connectivity index (χ1n) is 11.3. The number of nitrogens with zero attached hydrogens (tertiary/aromatic N) is 2. The van der Waals surface area contributed by atoms with Crippen LogP contribution >= 0.6 is 23.4 Å². The van der Waals surface area contributed by atoms with Crippen LogP contribution < -0.4 is 4.90 Å². The van der Waals surface area contributed by atoms with Crippen molar-refractivity contribution in [3.8, 4) is 16.9 Å². The zero-order valence-electron chi connectivity index (χ0n) is 19.0. The van der Waals surface area contributed by atoms with Gasteiger partial charge < -0.3 is 15.1 Å². The summed E-state index contributed by atoms with van der Waals surface area (Å²) in [6.07, 6.45) is 2.64. The second-order valence-electron chi connectivity index (χ2n) is 8.47. The topological polar surface area (TPSA) is 73.7 Å². The van der Waals surface area contributed by atoms with E-state index in [2.05, 4.69) is 4.98 Å². The van der Waals surface area contributed by atoms with Crippen LogP contribution in [0.4, 0.5) is 10.1 Å². The molecule has 5 rings (SSSR count). The van der Waals surface area contributed by atoms with E-state index in [9.17, 15) is 19.4 Å². The Morgan fingerprint density at radius 2 is 1.78 bits per heavy atom. The summed E-state index contributed by atoms with van der Waals surface area (Å²) in [6, 6.07) is 21.5. The third-order valence-corrected chi connectivity index (χ3v) is 7.83. The fourth-order valence-electron chi connectivity index (χ4n) is 4.29. The monoisotopic (exact) mass is 520 g/mol. The number of carbonyl (C=O) groups is 1. The van der Waals surface area contributed by atoms with E-state index in [1.165, 1.54) is 42.1 Å². The Bertz CT molecular complexity index is 1370. The zero-order valence-corrected chi connectivity index (χ0v) is 20.5. The van der Waals surface area contributed by atoms with Crippen molar-refractivity contribution in [2.75, 3.05) is 10.7 Å². The number of halogens is 2. The van der Waals surface area contributed by atoms with Gasteiger partial charge in [-0.1, -0.05) is 48.0 Å². The van der Waals surface area contributed by atoms with Crippen molar-refractivity contribution in [1.29, 1.82) is 0 Å². The minimum Gasteiger partial charge on any atom is -0.508 e. The van der Waals surface area contributed by atoms with Crippen LogP contribution in [-0.2, 0) is 4.79 Å². The van der Waals surface area contributed by atoms with Gasteiger partial charge in [-0.2, -0.15) is 0 Å². The van der Waals surface area contributed by atoms with Crippen molar-refractivity contribution >= 4 is 35.0 Å². The van der Waals surface area contributed by atoms with Gasteiger partial charge in [-0.3, -0.25) is 9.78 Å². The predicted octanol–water partition coefficient (Wildman–Crippen LogP) is 6.17. The third kappa shape index (κ3) is 4.82. The van der Waals surface area contributed by atoms with E-state index in [1.807, 2.05) is 36.4 Å². The molecule has 0 unspecified atom stereocenters. The highest BCUT2D eigenvalue weighted by Gasteiger charge is 2.50. The van der Waals surface area contributed by atoms with Crippen molar-refractivity contribution in [2.45, 2.75) is 17.4 Å². The highest BCUT2D eigenvalue weighted by Crippen LogP contribution is 2.48. The minimum atomic E-state index is -0.854. The molecule has 5 nitrogen and oxygen atoms in total. The maximum atomic E-state index is 13.3. The summed E-state index contributed by atoms with van der Waals surface area (Å²) >= 11 is 7.81.